The van der Waals surface area contributed by atoms with Gasteiger partial charge in [0.15, 0.2) is 0 Å². The van der Waals surface area contributed by atoms with Gasteiger partial charge in [-0.25, -0.2) is 0 Å². The van der Waals surface area contributed by atoms with Crippen LogP contribution >= 0.6 is 0 Å². The Morgan fingerprint density at radius 1 is 1.30 bits per heavy atom. The molecule has 4 nitrogen and oxygen atoms in total. The molecule has 3 unspecified atom stereocenters. The van der Waals surface area contributed by atoms with Crippen molar-refractivity contribution in [2.24, 2.45) is 0 Å². The summed E-state index contributed by atoms with van der Waals surface area (Å²) in [6, 6.07) is 8.26. The van der Waals surface area contributed by atoms with Crippen molar-refractivity contribution in [2.45, 2.75) is 50.3 Å². The molecule has 20 heavy (non-hydrogen) atoms. The van der Waals surface area contributed by atoms with Gasteiger partial charge in [0.05, 0.1) is 12.0 Å². The van der Waals surface area contributed by atoms with E-state index < -0.39 is 0 Å². The smallest absolute Gasteiger partial charge is 0.229 e. The first-order valence-electron chi connectivity index (χ1n) is 7.51. The van der Waals surface area contributed by atoms with Gasteiger partial charge in [-0.15, -0.1) is 0 Å². The van der Waals surface area contributed by atoms with Crippen LogP contribution in [0, 0.1) is 0 Å². The van der Waals surface area contributed by atoms with Crippen LogP contribution in [-0.4, -0.2) is 29.7 Å². The molecule has 3 N–H and O–H groups in total. The predicted molar refractivity (Wildman–Crippen MR) is 77.3 cm³/mol. The van der Waals surface area contributed by atoms with Gasteiger partial charge in [0, 0.05) is 19.1 Å². The van der Waals surface area contributed by atoms with Gasteiger partial charge in [0.2, 0.25) is 5.91 Å². The zero-order valence-corrected chi connectivity index (χ0v) is 11.6. The maximum atomic E-state index is 12.5. The van der Waals surface area contributed by atoms with Gasteiger partial charge in [-0.2, -0.15) is 0 Å². The molecule has 1 aliphatic carbocycles. The molecular formula is C16H22N2O2. The van der Waals surface area contributed by atoms with E-state index in [0.717, 1.165) is 31.4 Å². The molecule has 108 valence electrons. The minimum absolute atomic E-state index is 0.0868. The zero-order valence-electron chi connectivity index (χ0n) is 11.6. The number of fused-ring (bicyclic) bond motifs is 1. The van der Waals surface area contributed by atoms with Crippen LogP contribution in [0.4, 0.5) is 0 Å². The van der Waals surface area contributed by atoms with Crippen molar-refractivity contribution in [1.82, 2.24) is 10.6 Å². The molecule has 0 saturated heterocycles. The van der Waals surface area contributed by atoms with E-state index in [1.165, 1.54) is 5.56 Å². The highest BCUT2D eigenvalue weighted by molar-refractivity contribution is 5.85. The van der Waals surface area contributed by atoms with Crippen molar-refractivity contribution in [3.05, 3.63) is 35.4 Å². The Morgan fingerprint density at radius 3 is 3.00 bits per heavy atom. The Kier molecular flexibility index (Phi) is 4.03. The lowest BCUT2D eigenvalue weighted by Crippen LogP contribution is -2.45. The SMILES string of the molecule is O=C(NC1CCCC(O)C1)C1CNCc2ccccc21. The minimum Gasteiger partial charge on any atom is -0.393 e. The van der Waals surface area contributed by atoms with Crippen molar-refractivity contribution in [1.29, 1.82) is 0 Å². The quantitative estimate of drug-likeness (QED) is 0.761. The van der Waals surface area contributed by atoms with Crippen molar-refractivity contribution in [3.63, 3.8) is 0 Å². The highest BCUT2D eigenvalue weighted by Crippen LogP contribution is 2.25. The molecule has 0 radical (unpaired) electrons. The summed E-state index contributed by atoms with van der Waals surface area (Å²) in [5.74, 6) is -0.0252. The monoisotopic (exact) mass is 274 g/mol. The van der Waals surface area contributed by atoms with Gasteiger partial charge in [0.25, 0.3) is 0 Å². The van der Waals surface area contributed by atoms with Crippen LogP contribution in [-0.2, 0) is 11.3 Å². The van der Waals surface area contributed by atoms with E-state index in [2.05, 4.69) is 22.8 Å². The van der Waals surface area contributed by atoms with Crippen LogP contribution in [0.15, 0.2) is 24.3 Å². The van der Waals surface area contributed by atoms with Gasteiger partial charge in [-0.3, -0.25) is 4.79 Å². The van der Waals surface area contributed by atoms with Crippen LogP contribution < -0.4 is 10.6 Å². The second kappa shape index (κ2) is 5.94. The van der Waals surface area contributed by atoms with E-state index in [1.54, 1.807) is 0 Å². The maximum Gasteiger partial charge on any atom is 0.229 e. The average Bonchev–Trinajstić information content (AvgIpc) is 2.46. The molecule has 3 atom stereocenters. The minimum atomic E-state index is -0.259. The van der Waals surface area contributed by atoms with E-state index in [-0.39, 0.29) is 24.0 Å². The maximum absolute atomic E-state index is 12.5. The number of rotatable bonds is 2. The van der Waals surface area contributed by atoms with Crippen molar-refractivity contribution < 1.29 is 9.90 Å². The Labute approximate surface area is 119 Å². The second-order valence-electron chi connectivity index (χ2n) is 5.91. The molecule has 1 aromatic carbocycles. The Morgan fingerprint density at radius 2 is 2.15 bits per heavy atom. The van der Waals surface area contributed by atoms with Crippen LogP contribution in [0.3, 0.4) is 0 Å². The normalized spacial score (nSPS) is 29.6. The van der Waals surface area contributed by atoms with E-state index in [0.29, 0.717) is 13.0 Å². The van der Waals surface area contributed by atoms with Gasteiger partial charge in [0.1, 0.15) is 0 Å². The zero-order chi connectivity index (χ0) is 13.9. The third kappa shape index (κ3) is 2.86. The molecule has 2 aliphatic rings. The summed E-state index contributed by atoms with van der Waals surface area (Å²) >= 11 is 0. The third-order valence-electron chi connectivity index (χ3n) is 4.40. The number of amides is 1. The summed E-state index contributed by atoms with van der Waals surface area (Å²) in [4.78, 5) is 12.5. The largest absolute Gasteiger partial charge is 0.393 e. The van der Waals surface area contributed by atoms with Crippen LogP contribution in [0.25, 0.3) is 0 Å². The molecule has 0 aromatic heterocycles. The van der Waals surface area contributed by atoms with E-state index in [9.17, 15) is 9.90 Å². The van der Waals surface area contributed by atoms with Gasteiger partial charge in [-0.05, 0) is 36.8 Å². The summed E-state index contributed by atoms with van der Waals surface area (Å²) < 4.78 is 0. The van der Waals surface area contributed by atoms with E-state index >= 15 is 0 Å². The van der Waals surface area contributed by atoms with Crippen LogP contribution in [0.5, 0.6) is 0 Å². The third-order valence-corrected chi connectivity index (χ3v) is 4.40. The summed E-state index contributed by atoms with van der Waals surface area (Å²) in [7, 11) is 0. The first-order chi connectivity index (χ1) is 9.74. The molecular weight excluding hydrogens is 252 g/mol. The molecule has 1 aliphatic heterocycles. The first-order valence-corrected chi connectivity index (χ1v) is 7.51. The lowest BCUT2D eigenvalue weighted by molar-refractivity contribution is -0.123. The second-order valence-corrected chi connectivity index (χ2v) is 5.91. The number of benzene rings is 1. The fourth-order valence-electron chi connectivity index (χ4n) is 3.33. The Balaban J connectivity index is 1.69. The number of hydrogen-bond acceptors (Lipinski definition) is 3. The number of hydrogen-bond donors (Lipinski definition) is 3. The fourth-order valence-corrected chi connectivity index (χ4v) is 3.33. The molecule has 1 saturated carbocycles. The van der Waals surface area contributed by atoms with Crippen molar-refractivity contribution in [3.8, 4) is 0 Å². The van der Waals surface area contributed by atoms with E-state index in [4.69, 9.17) is 0 Å². The lowest BCUT2D eigenvalue weighted by Gasteiger charge is -2.30. The summed E-state index contributed by atoms with van der Waals surface area (Å²) in [6.07, 6.45) is 3.26. The van der Waals surface area contributed by atoms with Gasteiger partial charge >= 0.3 is 0 Å². The highest BCUT2D eigenvalue weighted by Gasteiger charge is 2.29. The number of aliphatic hydroxyl groups is 1. The van der Waals surface area contributed by atoms with Gasteiger partial charge < -0.3 is 15.7 Å². The van der Waals surface area contributed by atoms with Gasteiger partial charge in [-0.1, -0.05) is 24.3 Å². The summed E-state index contributed by atoms with van der Waals surface area (Å²) in [5.41, 5.74) is 2.35. The predicted octanol–water partition coefficient (Wildman–Crippen LogP) is 1.29. The van der Waals surface area contributed by atoms with Crippen molar-refractivity contribution in [2.75, 3.05) is 6.54 Å². The molecule has 0 bridgehead atoms. The number of nitrogens with one attached hydrogen (secondary N) is 2. The molecule has 1 aromatic rings. The molecule has 1 heterocycles. The molecule has 0 spiro atoms. The number of carbonyl (C=O) groups excluding carboxylic acids is 1. The first kappa shape index (κ1) is 13.6. The molecule has 4 heteroatoms. The number of carbonyl (C=O) groups is 1. The fraction of sp³-hybridized carbons (Fsp3) is 0.562. The molecule has 1 amide bonds. The van der Waals surface area contributed by atoms with E-state index in [1.807, 2.05) is 12.1 Å². The average molecular weight is 274 g/mol. The summed E-state index contributed by atoms with van der Waals surface area (Å²) in [5, 5.41) is 16.1. The Bertz CT molecular complexity index is 489. The molecule has 3 rings (SSSR count). The van der Waals surface area contributed by atoms with Crippen LogP contribution in [0.2, 0.25) is 0 Å². The summed E-state index contributed by atoms with van der Waals surface area (Å²) in [6.45, 7) is 1.53. The highest BCUT2D eigenvalue weighted by atomic mass is 16.3. The van der Waals surface area contributed by atoms with Crippen LogP contribution in [0.1, 0.15) is 42.7 Å². The Hall–Kier alpha value is -1.39. The topological polar surface area (TPSA) is 61.4 Å². The standard InChI is InChI=1S/C16H22N2O2/c19-13-6-3-5-12(8-13)18-16(20)15-10-17-9-11-4-1-2-7-14(11)15/h1-2,4,7,12-13,15,17,19H,3,5-6,8-10H2,(H,18,20). The number of aliphatic hydroxyl groups excluding tert-OH is 1. The lowest BCUT2D eigenvalue weighted by atomic mass is 9.88. The van der Waals surface area contributed by atoms with Crippen molar-refractivity contribution >= 4 is 5.91 Å². The molecule has 1 fully saturated rings.